The van der Waals surface area contributed by atoms with E-state index in [1.807, 2.05) is 0 Å². The molecule has 0 heterocycles. The first-order valence-electron chi connectivity index (χ1n) is 26.7. The van der Waals surface area contributed by atoms with Crippen molar-refractivity contribution in [2.24, 2.45) is 0 Å². The standard InChI is InChI=1S/C59H98O6/c1-4-7-10-13-16-19-22-25-28-29-30-31-32-35-37-40-43-46-49-52-58(61)64-55-56(65-59(62)53-50-47-44-41-38-34-27-24-21-18-15-12-9-6-3)54-63-57(60)51-48-45-42-39-36-33-26-23-20-17-14-11-8-5-2/h7,10,15-16,18-19,23-28,30-31,35,37,56H,4-6,8-9,11-14,17,20-22,29,32-34,36,38-55H2,1-3H3/b10-7-,18-15-,19-16-,26-23-,27-24-,28-25-,31-30-,37-35-. The summed E-state index contributed by atoms with van der Waals surface area (Å²) < 4.78 is 16.8. The summed E-state index contributed by atoms with van der Waals surface area (Å²) in [6, 6.07) is 0. The lowest BCUT2D eigenvalue weighted by Gasteiger charge is -2.18. The van der Waals surface area contributed by atoms with Crippen LogP contribution in [0, 0.1) is 0 Å². The first-order valence-corrected chi connectivity index (χ1v) is 26.7. The van der Waals surface area contributed by atoms with Crippen molar-refractivity contribution in [1.82, 2.24) is 0 Å². The summed E-state index contributed by atoms with van der Waals surface area (Å²) in [4.78, 5) is 38.0. The topological polar surface area (TPSA) is 78.9 Å². The fraction of sp³-hybridized carbons (Fsp3) is 0.678. The molecule has 0 spiro atoms. The minimum absolute atomic E-state index is 0.0991. The van der Waals surface area contributed by atoms with Gasteiger partial charge in [-0.15, -0.1) is 0 Å². The molecule has 6 heteroatoms. The lowest BCUT2D eigenvalue weighted by atomic mass is 10.1. The molecule has 65 heavy (non-hydrogen) atoms. The molecule has 0 rings (SSSR count). The van der Waals surface area contributed by atoms with Gasteiger partial charge in [0, 0.05) is 19.3 Å². The molecule has 0 aliphatic heterocycles. The fourth-order valence-corrected chi connectivity index (χ4v) is 7.01. The maximum Gasteiger partial charge on any atom is 0.306 e. The van der Waals surface area contributed by atoms with Crippen LogP contribution in [0.1, 0.15) is 239 Å². The number of allylic oxidation sites excluding steroid dienone is 16. The van der Waals surface area contributed by atoms with Crippen molar-refractivity contribution in [3.05, 3.63) is 97.2 Å². The number of ether oxygens (including phenoxy) is 3. The molecule has 1 atom stereocenters. The third-order valence-electron chi connectivity index (χ3n) is 11.0. The monoisotopic (exact) mass is 903 g/mol. The molecule has 0 saturated heterocycles. The Bertz CT molecular complexity index is 1310. The summed E-state index contributed by atoms with van der Waals surface area (Å²) in [6.45, 7) is 6.42. The normalized spacial score (nSPS) is 12.8. The SMILES string of the molecule is CC/C=C\C/C=C\C/C=C\C/C=C\C/C=C\CCCCCC(=O)OCC(COC(=O)CCCCCCC/C=C\CCCCCCC)OC(=O)CCCCCCC/C=C\C/C=C\CCCC. The summed E-state index contributed by atoms with van der Waals surface area (Å²) >= 11 is 0. The summed E-state index contributed by atoms with van der Waals surface area (Å²) in [5.41, 5.74) is 0. The largest absolute Gasteiger partial charge is 0.462 e. The molecule has 0 amide bonds. The number of hydrogen-bond donors (Lipinski definition) is 0. The summed E-state index contributed by atoms with van der Waals surface area (Å²) in [7, 11) is 0. The van der Waals surface area contributed by atoms with Crippen LogP contribution in [-0.2, 0) is 28.6 Å². The zero-order valence-corrected chi connectivity index (χ0v) is 42.2. The Balaban J connectivity index is 4.48. The third kappa shape index (κ3) is 51.2. The maximum atomic E-state index is 12.8. The van der Waals surface area contributed by atoms with Gasteiger partial charge in [-0.3, -0.25) is 14.4 Å². The Morgan fingerprint density at radius 1 is 0.323 bits per heavy atom. The molecule has 0 saturated carbocycles. The van der Waals surface area contributed by atoms with Crippen LogP contribution >= 0.6 is 0 Å². The van der Waals surface area contributed by atoms with Crippen LogP contribution in [0.3, 0.4) is 0 Å². The second-order valence-electron chi connectivity index (χ2n) is 17.4. The molecule has 0 fully saturated rings. The van der Waals surface area contributed by atoms with E-state index in [1.54, 1.807) is 0 Å². The highest BCUT2D eigenvalue weighted by Crippen LogP contribution is 2.13. The Morgan fingerprint density at radius 2 is 0.615 bits per heavy atom. The lowest BCUT2D eigenvalue weighted by molar-refractivity contribution is -0.167. The molecule has 0 aliphatic carbocycles. The van der Waals surface area contributed by atoms with Crippen molar-refractivity contribution < 1.29 is 28.6 Å². The highest BCUT2D eigenvalue weighted by atomic mass is 16.6. The first kappa shape index (κ1) is 61.3. The smallest absolute Gasteiger partial charge is 0.306 e. The summed E-state index contributed by atoms with van der Waals surface area (Å²) in [5.74, 6) is -0.956. The van der Waals surface area contributed by atoms with E-state index >= 15 is 0 Å². The van der Waals surface area contributed by atoms with E-state index in [2.05, 4.69) is 118 Å². The van der Waals surface area contributed by atoms with Crippen LogP contribution in [0.4, 0.5) is 0 Å². The Labute approximate surface area is 400 Å². The number of carbonyl (C=O) groups is 3. The molecule has 6 nitrogen and oxygen atoms in total. The van der Waals surface area contributed by atoms with Crippen molar-refractivity contribution in [1.29, 1.82) is 0 Å². The van der Waals surface area contributed by atoms with Crippen molar-refractivity contribution >= 4 is 17.9 Å². The molecule has 0 radical (unpaired) electrons. The number of unbranched alkanes of at least 4 members (excludes halogenated alkanes) is 20. The van der Waals surface area contributed by atoms with Gasteiger partial charge in [0.05, 0.1) is 0 Å². The van der Waals surface area contributed by atoms with Crippen LogP contribution < -0.4 is 0 Å². The number of carbonyl (C=O) groups excluding carboxylic acids is 3. The highest BCUT2D eigenvalue weighted by Gasteiger charge is 2.19. The van der Waals surface area contributed by atoms with Crippen LogP contribution in [0.2, 0.25) is 0 Å². The van der Waals surface area contributed by atoms with Gasteiger partial charge in [-0.1, -0.05) is 201 Å². The molecule has 0 bridgehead atoms. The van der Waals surface area contributed by atoms with E-state index < -0.39 is 6.10 Å². The van der Waals surface area contributed by atoms with Crippen LogP contribution in [0.25, 0.3) is 0 Å². The fourth-order valence-electron chi connectivity index (χ4n) is 7.01. The van der Waals surface area contributed by atoms with Gasteiger partial charge in [0.15, 0.2) is 6.10 Å². The van der Waals surface area contributed by atoms with E-state index in [0.29, 0.717) is 19.3 Å². The molecule has 0 aromatic rings. The highest BCUT2D eigenvalue weighted by molar-refractivity contribution is 5.71. The van der Waals surface area contributed by atoms with E-state index in [4.69, 9.17) is 14.2 Å². The van der Waals surface area contributed by atoms with Gasteiger partial charge in [0.1, 0.15) is 13.2 Å². The first-order chi connectivity index (χ1) is 32.0. The van der Waals surface area contributed by atoms with Crippen LogP contribution in [0.15, 0.2) is 97.2 Å². The van der Waals surface area contributed by atoms with Crippen molar-refractivity contribution in [3.63, 3.8) is 0 Å². The summed E-state index contributed by atoms with van der Waals surface area (Å²) in [6.07, 6.45) is 69.6. The Morgan fingerprint density at radius 3 is 1.02 bits per heavy atom. The average molecular weight is 903 g/mol. The number of rotatable bonds is 47. The van der Waals surface area contributed by atoms with E-state index in [-0.39, 0.29) is 31.1 Å². The Hall–Kier alpha value is -3.67. The maximum absolute atomic E-state index is 12.8. The van der Waals surface area contributed by atoms with Crippen LogP contribution in [-0.4, -0.2) is 37.2 Å². The van der Waals surface area contributed by atoms with E-state index in [1.165, 1.54) is 64.2 Å². The molecular weight excluding hydrogens is 805 g/mol. The molecule has 0 N–H and O–H groups in total. The number of hydrogen-bond acceptors (Lipinski definition) is 6. The molecular formula is C59H98O6. The minimum Gasteiger partial charge on any atom is -0.462 e. The van der Waals surface area contributed by atoms with Gasteiger partial charge in [-0.2, -0.15) is 0 Å². The van der Waals surface area contributed by atoms with Crippen molar-refractivity contribution in [2.45, 2.75) is 245 Å². The van der Waals surface area contributed by atoms with E-state index in [0.717, 1.165) is 135 Å². The van der Waals surface area contributed by atoms with Crippen molar-refractivity contribution in [2.75, 3.05) is 13.2 Å². The average Bonchev–Trinajstić information content (AvgIpc) is 3.30. The number of esters is 3. The predicted octanol–water partition coefficient (Wildman–Crippen LogP) is 17.8. The zero-order valence-electron chi connectivity index (χ0n) is 42.2. The predicted molar refractivity (Wildman–Crippen MR) is 279 cm³/mol. The summed E-state index contributed by atoms with van der Waals surface area (Å²) in [5, 5.41) is 0. The van der Waals surface area contributed by atoms with Gasteiger partial charge in [0.2, 0.25) is 0 Å². The molecule has 370 valence electrons. The van der Waals surface area contributed by atoms with Crippen molar-refractivity contribution in [3.8, 4) is 0 Å². The second-order valence-corrected chi connectivity index (χ2v) is 17.4. The van der Waals surface area contributed by atoms with Gasteiger partial charge in [0.25, 0.3) is 0 Å². The third-order valence-corrected chi connectivity index (χ3v) is 11.0. The zero-order chi connectivity index (χ0) is 47.2. The second kappa shape index (κ2) is 52.9. The van der Waals surface area contributed by atoms with Gasteiger partial charge in [-0.05, 0) is 116 Å². The quantitative estimate of drug-likeness (QED) is 0.0262. The van der Waals surface area contributed by atoms with Crippen LogP contribution in [0.5, 0.6) is 0 Å². The molecule has 0 aromatic carbocycles. The molecule has 0 aromatic heterocycles. The molecule has 1 unspecified atom stereocenters. The Kier molecular flexibility index (Phi) is 50.0. The van der Waals surface area contributed by atoms with Gasteiger partial charge in [-0.25, -0.2) is 0 Å². The van der Waals surface area contributed by atoms with E-state index in [9.17, 15) is 14.4 Å². The molecule has 0 aliphatic rings. The van der Waals surface area contributed by atoms with Gasteiger partial charge >= 0.3 is 17.9 Å². The lowest BCUT2D eigenvalue weighted by Crippen LogP contribution is -2.30. The minimum atomic E-state index is -0.802. The van der Waals surface area contributed by atoms with Gasteiger partial charge < -0.3 is 14.2 Å².